The first-order chi connectivity index (χ1) is 11.5. The number of carbonyl (C=O) groups is 2. The van der Waals surface area contributed by atoms with E-state index in [0.717, 1.165) is 19.3 Å². The zero-order valence-corrected chi connectivity index (χ0v) is 15.1. The molecule has 0 amide bonds. The first kappa shape index (κ1) is 20.2. The molecule has 0 N–H and O–H groups in total. The molecule has 0 aliphatic rings. The summed E-state index contributed by atoms with van der Waals surface area (Å²) in [7, 11) is 0. The average Bonchev–Trinajstić information content (AvgIpc) is 2.57. The Morgan fingerprint density at radius 2 is 1.67 bits per heavy atom. The van der Waals surface area contributed by atoms with Gasteiger partial charge in [0.2, 0.25) is 0 Å². The fourth-order valence-electron chi connectivity index (χ4n) is 2.47. The third kappa shape index (κ3) is 8.70. The Balaban J connectivity index is 2.08. The highest BCUT2D eigenvalue weighted by Gasteiger charge is 2.16. The van der Waals surface area contributed by atoms with E-state index in [-0.39, 0.29) is 30.9 Å². The van der Waals surface area contributed by atoms with Crippen LogP contribution in [0.5, 0.6) is 0 Å². The quantitative estimate of drug-likeness (QED) is 0.447. The SMILES string of the molecule is CCC(OC(=O)CCCC(=O)OCCCc1ccccc1)C(C)C. The van der Waals surface area contributed by atoms with Gasteiger partial charge in [0.1, 0.15) is 6.10 Å². The molecular weight excluding hydrogens is 304 g/mol. The van der Waals surface area contributed by atoms with E-state index in [1.165, 1.54) is 5.56 Å². The van der Waals surface area contributed by atoms with Gasteiger partial charge in [-0.25, -0.2) is 0 Å². The van der Waals surface area contributed by atoms with Gasteiger partial charge in [-0.2, -0.15) is 0 Å². The highest BCUT2D eigenvalue weighted by molar-refractivity contribution is 5.72. The summed E-state index contributed by atoms with van der Waals surface area (Å²) in [6.45, 7) is 6.50. The van der Waals surface area contributed by atoms with E-state index in [2.05, 4.69) is 12.1 Å². The largest absolute Gasteiger partial charge is 0.466 e. The topological polar surface area (TPSA) is 52.6 Å². The Labute approximate surface area is 145 Å². The minimum absolute atomic E-state index is 0.0394. The van der Waals surface area contributed by atoms with Crippen molar-refractivity contribution in [3.8, 4) is 0 Å². The zero-order chi connectivity index (χ0) is 17.8. The Morgan fingerprint density at radius 1 is 1.00 bits per heavy atom. The van der Waals surface area contributed by atoms with Gasteiger partial charge in [-0.1, -0.05) is 51.1 Å². The second-order valence-corrected chi connectivity index (χ2v) is 6.34. The van der Waals surface area contributed by atoms with Crippen LogP contribution in [0.3, 0.4) is 0 Å². The summed E-state index contributed by atoms with van der Waals surface area (Å²) in [6, 6.07) is 10.1. The standard InChI is InChI=1S/C20H30O4/c1-4-18(16(2)3)24-20(22)14-8-13-19(21)23-15-9-12-17-10-6-5-7-11-17/h5-7,10-11,16,18H,4,8-9,12-15H2,1-3H3. The van der Waals surface area contributed by atoms with Crippen molar-refractivity contribution in [2.24, 2.45) is 5.92 Å². The van der Waals surface area contributed by atoms with Gasteiger partial charge in [-0.05, 0) is 37.2 Å². The van der Waals surface area contributed by atoms with Gasteiger partial charge >= 0.3 is 11.9 Å². The molecule has 0 spiro atoms. The van der Waals surface area contributed by atoms with Crippen LogP contribution in [0.2, 0.25) is 0 Å². The Morgan fingerprint density at radius 3 is 2.29 bits per heavy atom. The zero-order valence-electron chi connectivity index (χ0n) is 15.1. The molecular formula is C20H30O4. The van der Waals surface area contributed by atoms with Crippen LogP contribution in [-0.4, -0.2) is 24.6 Å². The normalized spacial score (nSPS) is 12.0. The fraction of sp³-hybridized carbons (Fsp3) is 0.600. The number of rotatable bonds is 11. The summed E-state index contributed by atoms with van der Waals surface area (Å²) in [5, 5.41) is 0. The molecule has 0 aromatic heterocycles. The van der Waals surface area contributed by atoms with E-state index in [4.69, 9.17) is 9.47 Å². The molecule has 0 aliphatic heterocycles. The molecule has 1 atom stereocenters. The predicted octanol–water partition coefficient (Wildman–Crippen LogP) is 4.31. The third-order valence-corrected chi connectivity index (χ3v) is 3.91. The molecule has 0 bridgehead atoms. The Bertz CT molecular complexity index is 482. The minimum Gasteiger partial charge on any atom is -0.466 e. The lowest BCUT2D eigenvalue weighted by molar-refractivity contribution is -0.151. The van der Waals surface area contributed by atoms with Crippen LogP contribution in [0.4, 0.5) is 0 Å². The van der Waals surface area contributed by atoms with Crippen LogP contribution in [0.15, 0.2) is 30.3 Å². The van der Waals surface area contributed by atoms with Crippen LogP contribution in [0.25, 0.3) is 0 Å². The summed E-state index contributed by atoms with van der Waals surface area (Å²) >= 11 is 0. The molecule has 0 heterocycles. The fourth-order valence-corrected chi connectivity index (χ4v) is 2.47. The number of ether oxygens (including phenoxy) is 2. The highest BCUT2D eigenvalue weighted by Crippen LogP contribution is 2.12. The molecule has 1 unspecified atom stereocenters. The summed E-state index contributed by atoms with van der Waals surface area (Å²) in [5.41, 5.74) is 1.24. The van der Waals surface area contributed by atoms with E-state index in [0.29, 0.717) is 18.9 Å². The summed E-state index contributed by atoms with van der Waals surface area (Å²) in [5.74, 6) is -0.160. The van der Waals surface area contributed by atoms with Gasteiger partial charge in [-0.3, -0.25) is 9.59 Å². The molecule has 1 aromatic carbocycles. The molecule has 24 heavy (non-hydrogen) atoms. The van der Waals surface area contributed by atoms with Crippen molar-refractivity contribution in [2.75, 3.05) is 6.61 Å². The van der Waals surface area contributed by atoms with Gasteiger partial charge in [0.25, 0.3) is 0 Å². The van der Waals surface area contributed by atoms with Crippen LogP contribution < -0.4 is 0 Å². The van der Waals surface area contributed by atoms with Crippen LogP contribution in [-0.2, 0) is 25.5 Å². The molecule has 4 nitrogen and oxygen atoms in total. The van der Waals surface area contributed by atoms with Crippen LogP contribution in [0.1, 0.15) is 58.4 Å². The van der Waals surface area contributed by atoms with Crippen LogP contribution >= 0.6 is 0 Å². The molecule has 0 saturated carbocycles. The van der Waals surface area contributed by atoms with Gasteiger partial charge in [0, 0.05) is 12.8 Å². The molecule has 0 aliphatic carbocycles. The monoisotopic (exact) mass is 334 g/mol. The number of hydrogen-bond donors (Lipinski definition) is 0. The van der Waals surface area contributed by atoms with E-state index in [9.17, 15) is 9.59 Å². The molecule has 0 fully saturated rings. The molecule has 0 saturated heterocycles. The van der Waals surface area contributed by atoms with Gasteiger partial charge in [0.05, 0.1) is 6.61 Å². The number of hydrogen-bond acceptors (Lipinski definition) is 4. The van der Waals surface area contributed by atoms with Crippen molar-refractivity contribution in [3.05, 3.63) is 35.9 Å². The van der Waals surface area contributed by atoms with E-state index in [1.54, 1.807) is 0 Å². The van der Waals surface area contributed by atoms with Crippen molar-refractivity contribution >= 4 is 11.9 Å². The summed E-state index contributed by atoms with van der Waals surface area (Å²) in [6.07, 6.45) is 3.49. The maximum atomic E-state index is 11.7. The first-order valence-corrected chi connectivity index (χ1v) is 8.92. The number of carbonyl (C=O) groups excluding carboxylic acids is 2. The Hall–Kier alpha value is -1.84. The number of esters is 2. The summed E-state index contributed by atoms with van der Waals surface area (Å²) < 4.78 is 10.6. The number of benzene rings is 1. The van der Waals surface area contributed by atoms with Crippen molar-refractivity contribution in [3.63, 3.8) is 0 Å². The molecule has 1 aromatic rings. The van der Waals surface area contributed by atoms with Gasteiger partial charge in [0.15, 0.2) is 0 Å². The maximum absolute atomic E-state index is 11.7. The maximum Gasteiger partial charge on any atom is 0.306 e. The molecule has 4 heteroatoms. The van der Waals surface area contributed by atoms with E-state index >= 15 is 0 Å². The minimum atomic E-state index is -0.244. The van der Waals surface area contributed by atoms with Crippen LogP contribution in [0, 0.1) is 5.92 Å². The predicted molar refractivity (Wildman–Crippen MR) is 94.6 cm³/mol. The van der Waals surface area contributed by atoms with E-state index in [1.807, 2.05) is 39.0 Å². The average molecular weight is 334 g/mol. The lowest BCUT2D eigenvalue weighted by atomic mass is 10.1. The third-order valence-electron chi connectivity index (χ3n) is 3.91. The summed E-state index contributed by atoms with van der Waals surface area (Å²) in [4.78, 5) is 23.4. The van der Waals surface area contributed by atoms with E-state index < -0.39 is 0 Å². The molecule has 134 valence electrons. The molecule has 0 radical (unpaired) electrons. The molecule has 1 rings (SSSR count). The lowest BCUT2D eigenvalue weighted by Gasteiger charge is -2.19. The van der Waals surface area contributed by atoms with Gasteiger partial charge < -0.3 is 9.47 Å². The van der Waals surface area contributed by atoms with Crippen molar-refractivity contribution in [1.82, 2.24) is 0 Å². The second-order valence-electron chi connectivity index (χ2n) is 6.34. The Kier molecular flexibility index (Phi) is 9.81. The smallest absolute Gasteiger partial charge is 0.306 e. The van der Waals surface area contributed by atoms with Crippen molar-refractivity contribution in [1.29, 1.82) is 0 Å². The first-order valence-electron chi connectivity index (χ1n) is 8.92. The van der Waals surface area contributed by atoms with Gasteiger partial charge in [-0.15, -0.1) is 0 Å². The lowest BCUT2D eigenvalue weighted by Crippen LogP contribution is -2.22. The highest BCUT2D eigenvalue weighted by atomic mass is 16.5. The second kappa shape index (κ2) is 11.7. The van der Waals surface area contributed by atoms with Crippen molar-refractivity contribution < 1.29 is 19.1 Å². The number of aryl methyl sites for hydroxylation is 1. The van der Waals surface area contributed by atoms with Crippen molar-refractivity contribution in [2.45, 2.75) is 65.4 Å².